The first kappa shape index (κ1) is 21.6. The summed E-state index contributed by atoms with van der Waals surface area (Å²) in [5.74, 6) is -1.28. The number of hydrogen-bond donors (Lipinski definition) is 1. The van der Waals surface area contributed by atoms with E-state index in [-0.39, 0.29) is 29.6 Å². The third-order valence-electron chi connectivity index (χ3n) is 4.27. The second kappa shape index (κ2) is 9.01. The number of ether oxygens (including phenoxy) is 1. The zero-order chi connectivity index (χ0) is 20.2. The average Bonchev–Trinajstić information content (AvgIpc) is 2.62. The van der Waals surface area contributed by atoms with Gasteiger partial charge in [-0.05, 0) is 38.0 Å². The molecular weight excluding hydrogens is 394 g/mol. The highest BCUT2D eigenvalue weighted by molar-refractivity contribution is 7.86. The molecular formula is C17H24ClN3O5S. The molecule has 27 heavy (non-hydrogen) atoms. The molecule has 2 rings (SSSR count). The fourth-order valence-electron chi connectivity index (χ4n) is 2.81. The number of carbonyl (C=O) groups is 2. The van der Waals surface area contributed by atoms with Crippen LogP contribution >= 0.6 is 11.6 Å². The van der Waals surface area contributed by atoms with Crippen molar-refractivity contribution in [3.05, 3.63) is 28.8 Å². The predicted octanol–water partition coefficient (Wildman–Crippen LogP) is 1.97. The molecule has 1 aromatic carbocycles. The van der Waals surface area contributed by atoms with Crippen LogP contribution in [0.4, 0.5) is 5.69 Å². The second-order valence-electron chi connectivity index (χ2n) is 6.39. The van der Waals surface area contributed by atoms with Gasteiger partial charge in [-0.2, -0.15) is 17.0 Å². The SMILES string of the molecule is CCOC(=O)c1ccc(NC(=O)[C@H]2CCCN(S(=O)(=O)N(C)C)C2)cc1Cl. The Morgan fingerprint density at radius 1 is 1.37 bits per heavy atom. The van der Waals surface area contributed by atoms with Crippen LogP contribution in [0.5, 0.6) is 0 Å². The molecule has 0 aromatic heterocycles. The van der Waals surface area contributed by atoms with Gasteiger partial charge in [-0.3, -0.25) is 4.79 Å². The van der Waals surface area contributed by atoms with Crippen LogP contribution in [0.3, 0.4) is 0 Å². The van der Waals surface area contributed by atoms with Crippen LogP contribution in [-0.2, 0) is 19.7 Å². The van der Waals surface area contributed by atoms with E-state index in [1.807, 2.05) is 0 Å². The minimum atomic E-state index is -3.55. The first-order chi connectivity index (χ1) is 12.7. The van der Waals surface area contributed by atoms with E-state index in [4.69, 9.17) is 16.3 Å². The van der Waals surface area contributed by atoms with Gasteiger partial charge in [0.25, 0.3) is 10.2 Å². The van der Waals surface area contributed by atoms with Gasteiger partial charge < -0.3 is 10.1 Å². The summed E-state index contributed by atoms with van der Waals surface area (Å²) >= 11 is 6.10. The Balaban J connectivity index is 2.06. The lowest BCUT2D eigenvalue weighted by Gasteiger charge is -2.32. The van der Waals surface area contributed by atoms with E-state index in [2.05, 4.69) is 5.32 Å². The normalized spacial score (nSPS) is 18.3. The van der Waals surface area contributed by atoms with Crippen LogP contribution < -0.4 is 5.32 Å². The van der Waals surface area contributed by atoms with Gasteiger partial charge in [-0.1, -0.05) is 11.6 Å². The van der Waals surface area contributed by atoms with Crippen molar-refractivity contribution < 1.29 is 22.7 Å². The highest BCUT2D eigenvalue weighted by Gasteiger charge is 2.33. The number of hydrogen-bond acceptors (Lipinski definition) is 5. The van der Waals surface area contributed by atoms with Gasteiger partial charge in [0.1, 0.15) is 0 Å². The van der Waals surface area contributed by atoms with Gasteiger partial charge in [0.2, 0.25) is 5.91 Å². The topological polar surface area (TPSA) is 96.0 Å². The third-order valence-corrected chi connectivity index (χ3v) is 6.49. The molecule has 0 spiro atoms. The zero-order valence-electron chi connectivity index (χ0n) is 15.6. The number of carbonyl (C=O) groups excluding carboxylic acids is 2. The molecule has 1 saturated heterocycles. The maximum Gasteiger partial charge on any atom is 0.339 e. The summed E-state index contributed by atoms with van der Waals surface area (Å²) in [4.78, 5) is 24.3. The van der Waals surface area contributed by atoms with Crippen molar-refractivity contribution >= 4 is 39.4 Å². The average molecular weight is 418 g/mol. The molecule has 0 saturated carbocycles. The van der Waals surface area contributed by atoms with E-state index in [1.54, 1.807) is 13.0 Å². The molecule has 0 bridgehead atoms. The molecule has 1 heterocycles. The van der Waals surface area contributed by atoms with Gasteiger partial charge >= 0.3 is 5.97 Å². The number of nitrogens with zero attached hydrogens (tertiary/aromatic N) is 2. The van der Waals surface area contributed by atoms with Crippen molar-refractivity contribution in [1.82, 2.24) is 8.61 Å². The monoisotopic (exact) mass is 417 g/mol. The molecule has 1 aromatic rings. The molecule has 1 atom stereocenters. The van der Waals surface area contributed by atoms with Crippen LogP contribution in [0.1, 0.15) is 30.1 Å². The summed E-state index contributed by atoms with van der Waals surface area (Å²) in [5, 5.41) is 2.91. The van der Waals surface area contributed by atoms with E-state index in [0.717, 1.165) is 4.31 Å². The van der Waals surface area contributed by atoms with Gasteiger partial charge in [0.15, 0.2) is 0 Å². The number of piperidine rings is 1. The summed E-state index contributed by atoms with van der Waals surface area (Å²) in [5.41, 5.74) is 0.656. The molecule has 10 heteroatoms. The molecule has 1 aliphatic rings. The lowest BCUT2D eigenvalue weighted by Crippen LogP contribution is -2.47. The van der Waals surface area contributed by atoms with Crippen LogP contribution in [-0.4, -0.2) is 62.7 Å². The Labute approximate surface area is 164 Å². The van der Waals surface area contributed by atoms with Crippen molar-refractivity contribution in [2.75, 3.05) is 39.1 Å². The number of rotatable bonds is 6. The number of nitrogens with one attached hydrogen (secondary N) is 1. The first-order valence-corrected chi connectivity index (χ1v) is 10.4. The fraction of sp³-hybridized carbons (Fsp3) is 0.529. The molecule has 0 unspecified atom stereocenters. The molecule has 1 aliphatic heterocycles. The molecule has 150 valence electrons. The molecule has 8 nitrogen and oxygen atoms in total. The summed E-state index contributed by atoms with van der Waals surface area (Å²) in [6, 6.07) is 4.52. The fourth-order valence-corrected chi connectivity index (χ4v) is 4.26. The number of esters is 1. The highest BCUT2D eigenvalue weighted by atomic mass is 35.5. The van der Waals surface area contributed by atoms with Crippen LogP contribution in [0, 0.1) is 5.92 Å². The standard InChI is InChI=1S/C17H24ClN3O5S/c1-4-26-17(23)14-8-7-13(10-15(14)18)19-16(22)12-6-5-9-21(11-12)27(24,25)20(2)3/h7-8,10,12H,4-6,9,11H2,1-3H3,(H,19,22)/t12-/m0/s1. The Morgan fingerprint density at radius 3 is 2.67 bits per heavy atom. The Hall–Kier alpha value is -1.68. The molecule has 1 N–H and O–H groups in total. The number of amides is 1. The minimum absolute atomic E-state index is 0.126. The second-order valence-corrected chi connectivity index (χ2v) is 8.94. The van der Waals surface area contributed by atoms with Crippen molar-refractivity contribution in [3.8, 4) is 0 Å². The minimum Gasteiger partial charge on any atom is -0.462 e. The summed E-state index contributed by atoms with van der Waals surface area (Å²) < 4.78 is 31.9. The van der Waals surface area contributed by atoms with Crippen LogP contribution in [0.25, 0.3) is 0 Å². The Kier molecular flexibility index (Phi) is 7.21. The smallest absolute Gasteiger partial charge is 0.339 e. The van der Waals surface area contributed by atoms with E-state index < -0.39 is 22.1 Å². The lowest BCUT2D eigenvalue weighted by molar-refractivity contribution is -0.120. The van der Waals surface area contributed by atoms with E-state index in [1.165, 1.54) is 30.5 Å². The molecule has 0 aliphatic carbocycles. The molecule has 0 radical (unpaired) electrons. The summed E-state index contributed by atoms with van der Waals surface area (Å²) in [6.45, 7) is 2.46. The molecule has 1 fully saturated rings. The number of anilines is 1. The summed E-state index contributed by atoms with van der Waals surface area (Å²) in [6.07, 6.45) is 1.20. The quantitative estimate of drug-likeness (QED) is 0.714. The van der Waals surface area contributed by atoms with Crippen LogP contribution in [0.2, 0.25) is 5.02 Å². The Morgan fingerprint density at radius 2 is 2.07 bits per heavy atom. The largest absolute Gasteiger partial charge is 0.462 e. The van der Waals surface area contributed by atoms with Gasteiger partial charge in [-0.25, -0.2) is 4.79 Å². The number of benzene rings is 1. The first-order valence-electron chi connectivity index (χ1n) is 8.62. The highest BCUT2D eigenvalue weighted by Crippen LogP contribution is 2.25. The lowest BCUT2D eigenvalue weighted by atomic mass is 9.98. The Bertz CT molecular complexity index is 813. The van der Waals surface area contributed by atoms with Crippen molar-refractivity contribution in [1.29, 1.82) is 0 Å². The van der Waals surface area contributed by atoms with Crippen LogP contribution in [0.15, 0.2) is 18.2 Å². The predicted molar refractivity (Wildman–Crippen MR) is 103 cm³/mol. The van der Waals surface area contributed by atoms with Crippen molar-refractivity contribution in [3.63, 3.8) is 0 Å². The summed E-state index contributed by atoms with van der Waals surface area (Å²) in [7, 11) is -0.624. The maximum atomic E-state index is 12.6. The van der Waals surface area contributed by atoms with E-state index in [0.29, 0.717) is 25.1 Å². The molecule has 1 amide bonds. The maximum absolute atomic E-state index is 12.6. The van der Waals surface area contributed by atoms with Gasteiger partial charge in [0.05, 0.1) is 23.1 Å². The zero-order valence-corrected chi connectivity index (χ0v) is 17.1. The van der Waals surface area contributed by atoms with E-state index >= 15 is 0 Å². The van der Waals surface area contributed by atoms with Gasteiger partial charge in [-0.15, -0.1) is 0 Å². The van der Waals surface area contributed by atoms with Crippen molar-refractivity contribution in [2.24, 2.45) is 5.92 Å². The van der Waals surface area contributed by atoms with Gasteiger partial charge in [0, 0.05) is 32.9 Å². The third kappa shape index (κ3) is 5.19. The van der Waals surface area contributed by atoms with Crippen molar-refractivity contribution in [2.45, 2.75) is 19.8 Å². The number of halogens is 1. The van der Waals surface area contributed by atoms with E-state index in [9.17, 15) is 18.0 Å².